The van der Waals surface area contributed by atoms with Crippen LogP contribution in [0.3, 0.4) is 0 Å². The van der Waals surface area contributed by atoms with E-state index in [1.807, 2.05) is 6.92 Å². The molecule has 2 aliphatic rings. The summed E-state index contributed by atoms with van der Waals surface area (Å²) in [6, 6.07) is 3.10. The Morgan fingerprint density at radius 2 is 1.38 bits per heavy atom. The van der Waals surface area contributed by atoms with E-state index in [2.05, 4.69) is 6.92 Å². The number of hydrogen-bond acceptors (Lipinski definition) is 1. The first kappa shape index (κ1) is 19.8. The molecular formula is C23H34F2O. The van der Waals surface area contributed by atoms with Crippen molar-refractivity contribution < 1.29 is 13.5 Å². The third-order valence-electron chi connectivity index (χ3n) is 6.99. The van der Waals surface area contributed by atoms with Gasteiger partial charge in [-0.25, -0.2) is 8.78 Å². The van der Waals surface area contributed by atoms with Crippen molar-refractivity contribution in [3.8, 4) is 0 Å². The van der Waals surface area contributed by atoms with E-state index in [4.69, 9.17) is 4.74 Å². The molecule has 1 nitrogen and oxygen atoms in total. The lowest BCUT2D eigenvalue weighted by Crippen LogP contribution is -2.25. The summed E-state index contributed by atoms with van der Waals surface area (Å²) in [6.07, 6.45) is 11.5. The fourth-order valence-corrected chi connectivity index (χ4v) is 5.19. The Labute approximate surface area is 157 Å². The Morgan fingerprint density at radius 3 is 1.88 bits per heavy atom. The second kappa shape index (κ2) is 9.30. The van der Waals surface area contributed by atoms with Crippen molar-refractivity contribution in [1.82, 2.24) is 0 Å². The molecule has 0 saturated heterocycles. The van der Waals surface area contributed by atoms with Crippen molar-refractivity contribution in [3.63, 3.8) is 0 Å². The minimum atomic E-state index is -0.450. The Hall–Kier alpha value is -0.960. The molecule has 2 fully saturated rings. The summed E-state index contributed by atoms with van der Waals surface area (Å²) in [4.78, 5) is 0. The average Bonchev–Trinajstić information content (AvgIpc) is 2.67. The molecule has 0 atom stereocenters. The maximum absolute atomic E-state index is 14.3. The van der Waals surface area contributed by atoms with E-state index in [1.165, 1.54) is 44.9 Å². The van der Waals surface area contributed by atoms with E-state index < -0.39 is 11.6 Å². The van der Waals surface area contributed by atoms with Crippen molar-refractivity contribution >= 4 is 0 Å². The fourth-order valence-electron chi connectivity index (χ4n) is 5.19. The number of halogens is 2. The first-order valence-electron chi connectivity index (χ1n) is 10.7. The normalized spacial score (nSPS) is 29.7. The maximum Gasteiger partial charge on any atom is 0.131 e. The molecule has 3 rings (SSSR count). The molecule has 2 aliphatic carbocycles. The van der Waals surface area contributed by atoms with Crippen molar-refractivity contribution in [2.45, 2.75) is 84.2 Å². The van der Waals surface area contributed by atoms with E-state index in [-0.39, 0.29) is 12.2 Å². The highest BCUT2D eigenvalue weighted by atomic mass is 19.1. The zero-order valence-corrected chi connectivity index (χ0v) is 16.4. The SMILES string of the molecule is CCOCc1c(F)cc([C@H]2CC[C@H]([C@H]3CC[C@H](CC)CC3)CC2)cc1F. The van der Waals surface area contributed by atoms with Crippen LogP contribution in [0.15, 0.2) is 12.1 Å². The maximum atomic E-state index is 14.3. The second-order valence-electron chi connectivity index (χ2n) is 8.40. The van der Waals surface area contributed by atoms with E-state index in [0.29, 0.717) is 12.5 Å². The van der Waals surface area contributed by atoms with Crippen LogP contribution in [0, 0.1) is 29.4 Å². The summed E-state index contributed by atoms with van der Waals surface area (Å²) in [6.45, 7) is 4.62. The largest absolute Gasteiger partial charge is 0.377 e. The summed E-state index contributed by atoms with van der Waals surface area (Å²) < 4.78 is 33.8. The van der Waals surface area contributed by atoms with Gasteiger partial charge in [-0.2, -0.15) is 0 Å². The predicted octanol–water partition coefficient (Wildman–Crippen LogP) is 6.99. The predicted molar refractivity (Wildman–Crippen MR) is 102 cm³/mol. The van der Waals surface area contributed by atoms with Gasteiger partial charge >= 0.3 is 0 Å². The summed E-state index contributed by atoms with van der Waals surface area (Å²) in [5.41, 5.74) is 0.908. The van der Waals surface area contributed by atoms with Crippen molar-refractivity contribution in [2.75, 3.05) is 6.61 Å². The minimum absolute atomic E-state index is 0.0155. The van der Waals surface area contributed by atoms with Gasteiger partial charge in [0.25, 0.3) is 0 Å². The summed E-state index contributed by atoms with van der Waals surface area (Å²) >= 11 is 0. The van der Waals surface area contributed by atoms with Crippen molar-refractivity contribution in [3.05, 3.63) is 34.9 Å². The Morgan fingerprint density at radius 1 is 0.846 bits per heavy atom. The molecule has 0 heterocycles. The highest BCUT2D eigenvalue weighted by Crippen LogP contribution is 2.44. The van der Waals surface area contributed by atoms with Crippen molar-refractivity contribution in [1.29, 1.82) is 0 Å². The molecule has 1 aromatic carbocycles. The molecule has 3 heteroatoms. The lowest BCUT2D eigenvalue weighted by atomic mass is 9.68. The van der Waals surface area contributed by atoms with Gasteiger partial charge in [0.1, 0.15) is 11.6 Å². The van der Waals surface area contributed by atoms with E-state index in [9.17, 15) is 8.78 Å². The quantitative estimate of drug-likeness (QED) is 0.528. The Kier molecular flexibility index (Phi) is 7.08. The Bertz CT molecular complexity index is 547. The Balaban J connectivity index is 1.56. The molecule has 0 aromatic heterocycles. The summed E-state index contributed by atoms with van der Waals surface area (Å²) in [7, 11) is 0. The highest BCUT2D eigenvalue weighted by molar-refractivity contribution is 5.28. The molecule has 0 aliphatic heterocycles. The topological polar surface area (TPSA) is 9.23 Å². The van der Waals surface area contributed by atoms with E-state index in [1.54, 1.807) is 12.1 Å². The number of rotatable bonds is 6. The second-order valence-corrected chi connectivity index (χ2v) is 8.40. The zero-order chi connectivity index (χ0) is 18.5. The van der Waals surface area contributed by atoms with Gasteiger partial charge in [-0.15, -0.1) is 0 Å². The molecule has 26 heavy (non-hydrogen) atoms. The molecule has 0 amide bonds. The van der Waals surface area contributed by atoms with Crippen LogP contribution in [0.2, 0.25) is 0 Å². The number of ether oxygens (including phenoxy) is 1. The zero-order valence-electron chi connectivity index (χ0n) is 16.4. The van der Waals surface area contributed by atoms with Gasteiger partial charge in [0.2, 0.25) is 0 Å². The first-order valence-corrected chi connectivity index (χ1v) is 10.7. The summed E-state index contributed by atoms with van der Waals surface area (Å²) in [5, 5.41) is 0. The lowest BCUT2D eigenvalue weighted by molar-refractivity contribution is 0.128. The van der Waals surface area contributed by atoms with Gasteiger partial charge in [-0.05, 0) is 86.8 Å². The third-order valence-corrected chi connectivity index (χ3v) is 6.99. The standard InChI is InChI=1S/C23H34F2O/c1-3-16-5-7-17(8-6-16)18-9-11-19(12-10-18)20-13-22(24)21(15-26-4-2)23(25)14-20/h13-14,16-19H,3-12,15H2,1-2H3/t16-,17-,18-,19-. The van der Waals surface area contributed by atoms with Crippen LogP contribution in [0.5, 0.6) is 0 Å². The van der Waals surface area contributed by atoms with Gasteiger partial charge in [-0.1, -0.05) is 26.2 Å². The molecule has 2 saturated carbocycles. The van der Waals surface area contributed by atoms with Gasteiger partial charge in [-0.3, -0.25) is 0 Å². The van der Waals surface area contributed by atoms with Crippen LogP contribution in [0.4, 0.5) is 8.78 Å². The van der Waals surface area contributed by atoms with Gasteiger partial charge in [0.15, 0.2) is 0 Å². The minimum Gasteiger partial charge on any atom is -0.377 e. The average molecular weight is 365 g/mol. The van der Waals surface area contributed by atoms with Gasteiger partial charge in [0.05, 0.1) is 6.61 Å². The van der Waals surface area contributed by atoms with Crippen LogP contribution < -0.4 is 0 Å². The van der Waals surface area contributed by atoms with Crippen LogP contribution in [-0.2, 0) is 11.3 Å². The first-order chi connectivity index (χ1) is 12.6. The molecule has 0 radical (unpaired) electrons. The van der Waals surface area contributed by atoms with E-state index >= 15 is 0 Å². The molecule has 0 unspecified atom stereocenters. The van der Waals surface area contributed by atoms with Crippen molar-refractivity contribution in [2.24, 2.45) is 17.8 Å². The number of hydrogen-bond donors (Lipinski definition) is 0. The monoisotopic (exact) mass is 364 g/mol. The molecular weight excluding hydrogens is 330 g/mol. The molecule has 146 valence electrons. The lowest BCUT2D eigenvalue weighted by Gasteiger charge is -2.38. The molecule has 1 aromatic rings. The van der Waals surface area contributed by atoms with Crippen LogP contribution >= 0.6 is 0 Å². The third kappa shape index (κ3) is 4.65. The van der Waals surface area contributed by atoms with Crippen LogP contribution in [-0.4, -0.2) is 6.61 Å². The highest BCUT2D eigenvalue weighted by Gasteiger charge is 2.31. The molecule has 0 spiro atoms. The number of benzene rings is 1. The molecule has 0 N–H and O–H groups in total. The van der Waals surface area contributed by atoms with Gasteiger partial charge in [0, 0.05) is 12.2 Å². The van der Waals surface area contributed by atoms with E-state index in [0.717, 1.165) is 36.2 Å². The molecule has 0 bridgehead atoms. The fraction of sp³-hybridized carbons (Fsp3) is 0.739. The summed E-state index contributed by atoms with van der Waals surface area (Å²) in [5.74, 6) is 2.07. The van der Waals surface area contributed by atoms with Crippen LogP contribution in [0.25, 0.3) is 0 Å². The van der Waals surface area contributed by atoms with Gasteiger partial charge < -0.3 is 4.74 Å². The smallest absolute Gasteiger partial charge is 0.131 e. The van der Waals surface area contributed by atoms with Crippen LogP contribution in [0.1, 0.15) is 88.7 Å².